The second-order valence-electron chi connectivity index (χ2n) is 2.84. The smallest absolute Gasteiger partial charge is 0.0561 e. The summed E-state index contributed by atoms with van der Waals surface area (Å²) < 4.78 is 5.31. The quantitative estimate of drug-likeness (QED) is 0.587. The van der Waals surface area contributed by atoms with E-state index in [1.165, 1.54) is 0 Å². The minimum absolute atomic E-state index is 0.0914. The molecule has 1 fully saturated rings. The van der Waals surface area contributed by atoms with Gasteiger partial charge in [0.1, 0.15) is 0 Å². The Morgan fingerprint density at radius 2 is 2.40 bits per heavy atom. The van der Waals surface area contributed by atoms with Gasteiger partial charge in [-0.25, -0.2) is 0 Å². The highest BCUT2D eigenvalue weighted by molar-refractivity contribution is 6.20. The third kappa shape index (κ3) is 1.84. The Labute approximate surface area is 66.1 Å². The third-order valence-electron chi connectivity index (χ3n) is 1.90. The zero-order chi connectivity index (χ0) is 7.56. The average molecular weight is 165 g/mol. The molecule has 0 aliphatic carbocycles. The maximum absolute atomic E-state index is 8.78. The first-order chi connectivity index (χ1) is 4.74. The molecule has 1 aliphatic rings. The van der Waals surface area contributed by atoms with Crippen molar-refractivity contribution in [3.8, 4) is 0 Å². The molecule has 1 aliphatic heterocycles. The molecule has 0 radical (unpaired) electrons. The molecule has 0 saturated carbocycles. The summed E-state index contributed by atoms with van der Waals surface area (Å²) in [7, 11) is 0. The van der Waals surface area contributed by atoms with Gasteiger partial charge in [-0.05, 0) is 13.3 Å². The Kier molecular flexibility index (Phi) is 2.96. The van der Waals surface area contributed by atoms with Crippen LogP contribution in [0.15, 0.2) is 0 Å². The fraction of sp³-hybridized carbons (Fsp3) is 1.00. The SMILES string of the molecule is C[C@@H]1C[C@H](Cl)[C@@H](CO)CO1. The summed E-state index contributed by atoms with van der Waals surface area (Å²) in [6.07, 6.45) is 1.11. The number of hydrogen-bond acceptors (Lipinski definition) is 2. The van der Waals surface area contributed by atoms with Crippen molar-refractivity contribution in [3.05, 3.63) is 0 Å². The summed E-state index contributed by atoms with van der Waals surface area (Å²) in [5.74, 6) is 0.137. The maximum Gasteiger partial charge on any atom is 0.0561 e. The first-order valence-corrected chi connectivity index (χ1v) is 4.04. The molecule has 1 saturated heterocycles. The standard InChI is InChI=1S/C7H13ClO2/c1-5-2-7(8)6(3-9)4-10-5/h5-7,9H,2-4H2,1H3/t5-,6+,7+/m1/s1. The predicted molar refractivity (Wildman–Crippen MR) is 40.2 cm³/mol. The minimum atomic E-state index is 0.0914. The van der Waals surface area contributed by atoms with Crippen LogP contribution in [-0.2, 0) is 4.74 Å². The number of alkyl halides is 1. The molecule has 2 nitrogen and oxygen atoms in total. The monoisotopic (exact) mass is 164 g/mol. The topological polar surface area (TPSA) is 29.5 Å². The summed E-state index contributed by atoms with van der Waals surface area (Å²) >= 11 is 5.94. The van der Waals surface area contributed by atoms with E-state index in [0.29, 0.717) is 6.61 Å². The van der Waals surface area contributed by atoms with Gasteiger partial charge < -0.3 is 9.84 Å². The van der Waals surface area contributed by atoms with E-state index in [4.69, 9.17) is 21.4 Å². The second kappa shape index (κ2) is 3.56. The lowest BCUT2D eigenvalue weighted by Gasteiger charge is -2.29. The number of rotatable bonds is 1. The Morgan fingerprint density at radius 3 is 2.90 bits per heavy atom. The van der Waals surface area contributed by atoms with E-state index < -0.39 is 0 Å². The van der Waals surface area contributed by atoms with Crippen LogP contribution in [0.5, 0.6) is 0 Å². The van der Waals surface area contributed by atoms with Gasteiger partial charge >= 0.3 is 0 Å². The van der Waals surface area contributed by atoms with E-state index in [9.17, 15) is 0 Å². The van der Waals surface area contributed by atoms with Gasteiger partial charge in [-0.1, -0.05) is 0 Å². The van der Waals surface area contributed by atoms with Crippen molar-refractivity contribution in [1.29, 1.82) is 0 Å². The molecule has 0 aromatic heterocycles. The molecule has 1 N–H and O–H groups in total. The van der Waals surface area contributed by atoms with E-state index in [1.54, 1.807) is 0 Å². The number of aliphatic hydroxyl groups excluding tert-OH is 1. The van der Waals surface area contributed by atoms with Gasteiger partial charge in [-0.3, -0.25) is 0 Å². The fourth-order valence-corrected chi connectivity index (χ4v) is 1.54. The first-order valence-electron chi connectivity index (χ1n) is 3.60. The van der Waals surface area contributed by atoms with Crippen LogP contribution in [0.2, 0.25) is 0 Å². The molecule has 10 heavy (non-hydrogen) atoms. The first kappa shape index (κ1) is 8.31. The van der Waals surface area contributed by atoms with Crippen molar-refractivity contribution >= 4 is 11.6 Å². The van der Waals surface area contributed by atoms with Gasteiger partial charge in [0.15, 0.2) is 0 Å². The number of ether oxygens (including phenoxy) is 1. The molecule has 0 aromatic rings. The van der Waals surface area contributed by atoms with Crippen molar-refractivity contribution in [1.82, 2.24) is 0 Å². The van der Waals surface area contributed by atoms with Gasteiger partial charge in [0, 0.05) is 17.9 Å². The zero-order valence-electron chi connectivity index (χ0n) is 6.09. The minimum Gasteiger partial charge on any atom is -0.396 e. The van der Waals surface area contributed by atoms with Crippen LogP contribution in [0.3, 0.4) is 0 Å². The van der Waals surface area contributed by atoms with Gasteiger partial charge in [0.05, 0.1) is 12.7 Å². The van der Waals surface area contributed by atoms with Crippen molar-refractivity contribution < 1.29 is 9.84 Å². The summed E-state index contributed by atoms with van der Waals surface area (Å²) in [5.41, 5.74) is 0. The molecular weight excluding hydrogens is 152 g/mol. The van der Waals surface area contributed by atoms with Gasteiger partial charge in [-0.15, -0.1) is 11.6 Å². The molecule has 1 rings (SSSR count). The van der Waals surface area contributed by atoms with E-state index in [2.05, 4.69) is 0 Å². The van der Waals surface area contributed by atoms with Gasteiger partial charge in [0.25, 0.3) is 0 Å². The Morgan fingerprint density at radius 1 is 1.70 bits per heavy atom. The predicted octanol–water partition coefficient (Wildman–Crippen LogP) is 1.01. The van der Waals surface area contributed by atoms with Crippen molar-refractivity contribution in [2.75, 3.05) is 13.2 Å². The summed E-state index contributed by atoms with van der Waals surface area (Å²) in [6.45, 7) is 2.75. The van der Waals surface area contributed by atoms with Crippen LogP contribution in [0.4, 0.5) is 0 Å². The molecule has 0 bridgehead atoms. The molecule has 3 heteroatoms. The Bertz CT molecular complexity index is 108. The van der Waals surface area contributed by atoms with E-state index >= 15 is 0 Å². The van der Waals surface area contributed by atoms with Crippen LogP contribution in [0, 0.1) is 5.92 Å². The fourth-order valence-electron chi connectivity index (χ4n) is 1.14. The van der Waals surface area contributed by atoms with Crippen molar-refractivity contribution in [3.63, 3.8) is 0 Å². The molecular formula is C7H13ClO2. The Hall–Kier alpha value is 0.210. The van der Waals surface area contributed by atoms with Crippen molar-refractivity contribution in [2.45, 2.75) is 24.8 Å². The van der Waals surface area contributed by atoms with E-state index in [0.717, 1.165) is 6.42 Å². The highest BCUT2D eigenvalue weighted by Gasteiger charge is 2.26. The molecule has 0 unspecified atom stereocenters. The molecule has 0 amide bonds. The Balaban J connectivity index is 2.36. The van der Waals surface area contributed by atoms with Crippen molar-refractivity contribution in [2.24, 2.45) is 5.92 Å². The summed E-state index contributed by atoms with van der Waals surface area (Å²) in [5, 5.41) is 8.87. The molecule has 3 atom stereocenters. The molecule has 0 spiro atoms. The highest BCUT2D eigenvalue weighted by Crippen LogP contribution is 2.23. The lowest BCUT2D eigenvalue weighted by atomic mass is 9.99. The third-order valence-corrected chi connectivity index (χ3v) is 2.43. The molecule has 60 valence electrons. The van der Waals surface area contributed by atoms with Crippen LogP contribution in [-0.4, -0.2) is 29.8 Å². The zero-order valence-corrected chi connectivity index (χ0v) is 6.84. The average Bonchev–Trinajstić information content (AvgIpc) is 1.88. The number of halogens is 1. The van der Waals surface area contributed by atoms with Crippen LogP contribution >= 0.6 is 11.6 Å². The maximum atomic E-state index is 8.78. The number of hydrogen-bond donors (Lipinski definition) is 1. The highest BCUT2D eigenvalue weighted by atomic mass is 35.5. The number of aliphatic hydroxyl groups is 1. The lowest BCUT2D eigenvalue weighted by molar-refractivity contribution is -0.0176. The van der Waals surface area contributed by atoms with Gasteiger partial charge in [0.2, 0.25) is 0 Å². The van der Waals surface area contributed by atoms with E-state index in [1.807, 2.05) is 6.92 Å². The summed E-state index contributed by atoms with van der Waals surface area (Å²) in [6, 6.07) is 0. The van der Waals surface area contributed by atoms with Crippen LogP contribution < -0.4 is 0 Å². The lowest BCUT2D eigenvalue weighted by Crippen LogP contribution is -2.34. The van der Waals surface area contributed by atoms with Gasteiger partial charge in [-0.2, -0.15) is 0 Å². The molecule has 0 aromatic carbocycles. The van der Waals surface area contributed by atoms with Crippen LogP contribution in [0.25, 0.3) is 0 Å². The van der Waals surface area contributed by atoms with E-state index in [-0.39, 0.29) is 24.0 Å². The largest absolute Gasteiger partial charge is 0.396 e. The van der Waals surface area contributed by atoms with Crippen LogP contribution in [0.1, 0.15) is 13.3 Å². The normalized spacial score (nSPS) is 41.7. The summed E-state index contributed by atoms with van der Waals surface area (Å²) in [4.78, 5) is 0. The second-order valence-corrected chi connectivity index (χ2v) is 3.40. The molecule has 1 heterocycles.